The summed E-state index contributed by atoms with van der Waals surface area (Å²) in [5, 5.41) is 10.6. The molecule has 0 saturated carbocycles. The zero-order valence-electron chi connectivity index (χ0n) is 60.8. The van der Waals surface area contributed by atoms with Gasteiger partial charge in [-0.1, -0.05) is 293 Å². The minimum atomic E-state index is -4.98. The fraction of sp³-hybridized carbons (Fsp3) is 0.792. The molecule has 0 aromatic carbocycles. The van der Waals surface area contributed by atoms with Crippen LogP contribution in [0.5, 0.6) is 0 Å². The standard InChI is InChI=1S/C77H138O17P2/c1-5-9-13-17-21-25-29-33-35-39-42-46-50-54-58-62-75(80)88-68-73(94-77(82)64-60-56-52-48-44-40-36-34-30-26-22-18-14-10-6-2)70-92-96(85,86)90-66-71(78)65-89-95(83,84)91-69-72(93-76(81)63-59-55-51-47-43-38-32-28-24-20-16-12-8-4)67-87-74(79)61-57-53-49-45-41-37-31-27-23-19-15-11-7-3/h9-10,13-14,21-22,25-26,33-36,71-73,78H,5-8,11-12,15-20,23-24,27-32,37-70H2,1-4H3,(H,83,84)(H,85,86)/b13-9-,14-10-,25-21-,26-22-,35-33-,36-34-. The van der Waals surface area contributed by atoms with Gasteiger partial charge < -0.3 is 33.8 Å². The normalized spacial score (nSPS) is 14.4. The monoisotopic (exact) mass is 1400 g/mol. The number of carbonyl (C=O) groups is 4. The Hall–Kier alpha value is -3.50. The predicted molar refractivity (Wildman–Crippen MR) is 390 cm³/mol. The van der Waals surface area contributed by atoms with E-state index in [4.69, 9.17) is 37.0 Å². The van der Waals surface area contributed by atoms with E-state index < -0.39 is 97.5 Å². The molecule has 0 spiro atoms. The van der Waals surface area contributed by atoms with Gasteiger partial charge in [-0.3, -0.25) is 37.3 Å². The molecule has 0 aromatic rings. The van der Waals surface area contributed by atoms with Crippen molar-refractivity contribution in [2.75, 3.05) is 39.6 Å². The predicted octanol–water partition coefficient (Wildman–Crippen LogP) is 21.7. The van der Waals surface area contributed by atoms with E-state index in [0.717, 1.165) is 148 Å². The number of hydrogen-bond donors (Lipinski definition) is 3. The molecule has 96 heavy (non-hydrogen) atoms. The highest BCUT2D eigenvalue weighted by Crippen LogP contribution is 2.45. The van der Waals surface area contributed by atoms with Gasteiger partial charge in [0.1, 0.15) is 19.3 Å². The Kier molecular flexibility index (Phi) is 67.4. The van der Waals surface area contributed by atoms with Crippen molar-refractivity contribution < 1.29 is 80.2 Å². The van der Waals surface area contributed by atoms with Gasteiger partial charge >= 0.3 is 39.5 Å². The van der Waals surface area contributed by atoms with Crippen molar-refractivity contribution in [1.82, 2.24) is 0 Å². The molecule has 5 unspecified atom stereocenters. The second-order valence-corrected chi connectivity index (χ2v) is 28.5. The van der Waals surface area contributed by atoms with Crippen molar-refractivity contribution in [3.63, 3.8) is 0 Å². The van der Waals surface area contributed by atoms with Crippen LogP contribution in [0.3, 0.4) is 0 Å². The average molecular weight is 1400 g/mol. The molecule has 0 aliphatic carbocycles. The molecule has 0 radical (unpaired) electrons. The van der Waals surface area contributed by atoms with Crippen LogP contribution in [-0.4, -0.2) is 96.7 Å². The van der Waals surface area contributed by atoms with Gasteiger partial charge in [0.25, 0.3) is 0 Å². The Morgan fingerprint density at radius 1 is 0.302 bits per heavy atom. The number of allylic oxidation sites excluding steroid dienone is 12. The molecule has 558 valence electrons. The summed E-state index contributed by atoms with van der Waals surface area (Å²) in [6, 6.07) is 0. The van der Waals surface area contributed by atoms with E-state index in [1.807, 2.05) is 0 Å². The van der Waals surface area contributed by atoms with Crippen molar-refractivity contribution in [2.24, 2.45) is 0 Å². The van der Waals surface area contributed by atoms with E-state index in [1.165, 1.54) is 109 Å². The highest BCUT2D eigenvalue weighted by Gasteiger charge is 2.30. The van der Waals surface area contributed by atoms with Crippen LogP contribution in [0.2, 0.25) is 0 Å². The highest BCUT2D eigenvalue weighted by atomic mass is 31.2. The fourth-order valence-electron chi connectivity index (χ4n) is 10.4. The number of unbranched alkanes of at least 4 members (excludes halogenated alkanes) is 34. The van der Waals surface area contributed by atoms with Gasteiger partial charge in [0, 0.05) is 25.7 Å². The molecule has 0 fully saturated rings. The second-order valence-electron chi connectivity index (χ2n) is 25.5. The van der Waals surface area contributed by atoms with Gasteiger partial charge in [-0.2, -0.15) is 0 Å². The smallest absolute Gasteiger partial charge is 0.462 e. The van der Waals surface area contributed by atoms with Crippen LogP contribution < -0.4 is 0 Å². The zero-order valence-corrected chi connectivity index (χ0v) is 62.6. The lowest BCUT2D eigenvalue weighted by molar-refractivity contribution is -0.161. The van der Waals surface area contributed by atoms with Gasteiger partial charge in [0.2, 0.25) is 0 Å². The van der Waals surface area contributed by atoms with Crippen molar-refractivity contribution in [3.8, 4) is 0 Å². The second kappa shape index (κ2) is 70.0. The Labute approximate surface area is 583 Å². The first-order valence-electron chi connectivity index (χ1n) is 38.2. The van der Waals surface area contributed by atoms with Crippen LogP contribution >= 0.6 is 15.6 Å². The van der Waals surface area contributed by atoms with Gasteiger partial charge in [-0.15, -0.1) is 0 Å². The van der Waals surface area contributed by atoms with Crippen LogP contribution in [0.4, 0.5) is 0 Å². The Morgan fingerprint density at radius 2 is 0.542 bits per heavy atom. The maximum Gasteiger partial charge on any atom is 0.472 e. The van der Waals surface area contributed by atoms with Gasteiger partial charge in [-0.05, 0) is 89.9 Å². The molecular weight excluding hydrogens is 1260 g/mol. The maximum absolute atomic E-state index is 13.1. The number of aliphatic hydroxyl groups excluding tert-OH is 1. The first kappa shape index (κ1) is 92.5. The summed E-state index contributed by atoms with van der Waals surface area (Å²) in [7, 11) is -9.94. The zero-order chi connectivity index (χ0) is 70.4. The number of rotatable bonds is 72. The molecular formula is C77H138O17P2. The number of esters is 4. The molecule has 3 N–H and O–H groups in total. The van der Waals surface area contributed by atoms with Gasteiger partial charge in [0.05, 0.1) is 26.4 Å². The summed E-state index contributed by atoms with van der Waals surface area (Å²) < 4.78 is 68.5. The van der Waals surface area contributed by atoms with Crippen LogP contribution in [0, 0.1) is 0 Å². The molecule has 5 atom stereocenters. The van der Waals surface area contributed by atoms with E-state index in [9.17, 15) is 43.2 Å². The lowest BCUT2D eigenvalue weighted by Gasteiger charge is -2.21. The molecule has 0 aliphatic heterocycles. The first-order chi connectivity index (χ1) is 46.7. The number of ether oxygens (including phenoxy) is 4. The largest absolute Gasteiger partial charge is 0.472 e. The lowest BCUT2D eigenvalue weighted by atomic mass is 10.0. The van der Waals surface area contributed by atoms with Gasteiger partial charge in [0.15, 0.2) is 12.2 Å². The number of phosphoric ester groups is 2. The van der Waals surface area contributed by atoms with Crippen LogP contribution in [0.15, 0.2) is 72.9 Å². The molecule has 17 nitrogen and oxygen atoms in total. The van der Waals surface area contributed by atoms with Crippen molar-refractivity contribution in [1.29, 1.82) is 0 Å². The fourth-order valence-corrected chi connectivity index (χ4v) is 12.0. The summed E-state index contributed by atoms with van der Waals surface area (Å²) in [5.74, 6) is -2.18. The van der Waals surface area contributed by atoms with E-state index in [1.54, 1.807) is 0 Å². The topological polar surface area (TPSA) is 237 Å². The van der Waals surface area contributed by atoms with Crippen molar-refractivity contribution >= 4 is 39.5 Å². The minimum absolute atomic E-state index is 0.0736. The summed E-state index contributed by atoms with van der Waals surface area (Å²) in [5.41, 5.74) is 0. The average Bonchev–Trinajstić information content (AvgIpc) is 1.36. The summed E-state index contributed by atoms with van der Waals surface area (Å²) in [6.07, 6.45) is 68.9. The van der Waals surface area contributed by atoms with Crippen molar-refractivity contribution in [3.05, 3.63) is 72.9 Å². The summed E-state index contributed by atoms with van der Waals surface area (Å²) in [6.45, 7) is 4.66. The molecule has 0 aliphatic rings. The SMILES string of the molecule is CC/C=C\C/C=C\C/C=C\CCCCCCCC(=O)OCC(COP(=O)(O)OCC(O)COP(=O)(O)OCC(COC(=O)CCCCCCCCCCCCCCC)OC(=O)CCCCCCCCCCCCCCC)OC(=O)CCCCCCC/C=C\C/C=C\C/C=C\CC. The molecule has 0 saturated heterocycles. The number of phosphoric acid groups is 2. The highest BCUT2D eigenvalue weighted by molar-refractivity contribution is 7.47. The number of hydrogen-bond acceptors (Lipinski definition) is 15. The Morgan fingerprint density at radius 3 is 0.833 bits per heavy atom. The molecule has 0 aromatic heterocycles. The Balaban J connectivity index is 5.34. The van der Waals surface area contributed by atoms with E-state index in [-0.39, 0.29) is 25.7 Å². The Bertz CT molecular complexity index is 2110. The lowest BCUT2D eigenvalue weighted by Crippen LogP contribution is -2.30. The third-order valence-electron chi connectivity index (χ3n) is 16.2. The van der Waals surface area contributed by atoms with E-state index in [0.29, 0.717) is 25.7 Å². The maximum atomic E-state index is 13.1. The third kappa shape index (κ3) is 69.0. The quantitative estimate of drug-likeness (QED) is 0.0169. The van der Waals surface area contributed by atoms with E-state index >= 15 is 0 Å². The minimum Gasteiger partial charge on any atom is -0.462 e. The van der Waals surface area contributed by atoms with Gasteiger partial charge in [-0.25, -0.2) is 9.13 Å². The van der Waals surface area contributed by atoms with E-state index in [2.05, 4.69) is 101 Å². The number of aliphatic hydroxyl groups is 1. The van der Waals surface area contributed by atoms with Crippen LogP contribution in [0.25, 0.3) is 0 Å². The molecule has 0 bridgehead atoms. The third-order valence-corrected chi connectivity index (χ3v) is 18.1. The van der Waals surface area contributed by atoms with Crippen LogP contribution in [-0.2, 0) is 65.4 Å². The molecule has 19 heteroatoms. The van der Waals surface area contributed by atoms with Crippen LogP contribution in [0.1, 0.15) is 336 Å². The van der Waals surface area contributed by atoms with Crippen molar-refractivity contribution in [2.45, 2.75) is 354 Å². The number of carbonyl (C=O) groups excluding carboxylic acids is 4. The molecule has 0 amide bonds. The molecule has 0 heterocycles. The summed E-state index contributed by atoms with van der Waals surface area (Å²) >= 11 is 0. The first-order valence-corrected chi connectivity index (χ1v) is 41.2. The molecule has 0 rings (SSSR count). The summed E-state index contributed by atoms with van der Waals surface area (Å²) in [4.78, 5) is 72.8.